The Morgan fingerprint density at radius 1 is 1.53 bits per heavy atom. The van der Waals surface area contributed by atoms with E-state index in [0.717, 1.165) is 0 Å². The van der Waals surface area contributed by atoms with Crippen LogP contribution in [0.15, 0.2) is 23.1 Å². The van der Waals surface area contributed by atoms with Gasteiger partial charge < -0.3 is 9.84 Å². The van der Waals surface area contributed by atoms with E-state index < -0.39 is 15.6 Å². The molecule has 0 aromatic heterocycles. The van der Waals surface area contributed by atoms with Crippen molar-refractivity contribution < 1.29 is 18.3 Å². The highest BCUT2D eigenvalue weighted by atomic mass is 35.5. The second kappa shape index (κ2) is 5.38. The Morgan fingerprint density at radius 3 is 2.84 bits per heavy atom. The summed E-state index contributed by atoms with van der Waals surface area (Å²) in [6, 6.07) is 4.56. The van der Waals surface area contributed by atoms with Crippen LogP contribution in [0.1, 0.15) is 12.0 Å². The van der Waals surface area contributed by atoms with Gasteiger partial charge in [0.1, 0.15) is 5.60 Å². The minimum Gasteiger partial charge on any atom is -0.386 e. The topological polar surface area (TPSA) is 75.6 Å². The van der Waals surface area contributed by atoms with Gasteiger partial charge >= 0.3 is 0 Å². The van der Waals surface area contributed by atoms with E-state index in [9.17, 15) is 13.5 Å². The average Bonchev–Trinajstić information content (AvgIpc) is 2.74. The van der Waals surface area contributed by atoms with Crippen LogP contribution in [-0.4, -0.2) is 38.9 Å². The van der Waals surface area contributed by atoms with Gasteiger partial charge in [0.25, 0.3) is 0 Å². The molecule has 0 amide bonds. The molecule has 0 radical (unpaired) electrons. The minimum atomic E-state index is -3.66. The van der Waals surface area contributed by atoms with Crippen molar-refractivity contribution in [1.29, 1.82) is 0 Å². The number of nitrogens with one attached hydrogen (secondary N) is 1. The lowest BCUT2D eigenvalue weighted by Gasteiger charge is -2.21. The van der Waals surface area contributed by atoms with Gasteiger partial charge in [-0.3, -0.25) is 0 Å². The number of aryl methyl sites for hydroxylation is 1. The van der Waals surface area contributed by atoms with Gasteiger partial charge in [0.2, 0.25) is 10.0 Å². The average molecular weight is 306 g/mol. The fourth-order valence-electron chi connectivity index (χ4n) is 1.96. The van der Waals surface area contributed by atoms with Gasteiger partial charge in [0.15, 0.2) is 0 Å². The molecule has 1 atom stereocenters. The van der Waals surface area contributed by atoms with Crippen LogP contribution < -0.4 is 4.72 Å². The van der Waals surface area contributed by atoms with Gasteiger partial charge in [0, 0.05) is 24.6 Å². The molecule has 5 nitrogen and oxygen atoms in total. The molecule has 1 saturated heterocycles. The molecular weight excluding hydrogens is 290 g/mol. The molecule has 0 saturated carbocycles. The molecule has 1 fully saturated rings. The standard InChI is InChI=1S/C12H16ClNO4S/c1-9-6-10(13)2-3-11(9)19(16,17)14-7-12(15)4-5-18-8-12/h2-3,6,14-15H,4-5,7-8H2,1H3. The number of sulfonamides is 1. The molecule has 0 aliphatic carbocycles. The fraction of sp³-hybridized carbons (Fsp3) is 0.500. The van der Waals surface area contributed by atoms with E-state index in [1.807, 2.05) is 0 Å². The first-order chi connectivity index (χ1) is 8.82. The Balaban J connectivity index is 2.14. The number of halogens is 1. The number of hydrogen-bond acceptors (Lipinski definition) is 4. The number of hydrogen-bond donors (Lipinski definition) is 2. The van der Waals surface area contributed by atoms with Crippen LogP contribution in [0.4, 0.5) is 0 Å². The maximum Gasteiger partial charge on any atom is 0.240 e. The number of aliphatic hydroxyl groups is 1. The number of rotatable bonds is 4. The van der Waals surface area contributed by atoms with Gasteiger partial charge in [-0.2, -0.15) is 0 Å². The summed E-state index contributed by atoms with van der Waals surface area (Å²) in [6.07, 6.45) is 0.426. The summed E-state index contributed by atoms with van der Waals surface area (Å²) in [7, 11) is -3.66. The van der Waals surface area contributed by atoms with Crippen molar-refractivity contribution >= 4 is 21.6 Å². The smallest absolute Gasteiger partial charge is 0.240 e. The second-order valence-corrected chi connectivity index (χ2v) is 6.93. The zero-order valence-electron chi connectivity index (χ0n) is 10.5. The summed E-state index contributed by atoms with van der Waals surface area (Å²) in [5.41, 5.74) is -0.553. The van der Waals surface area contributed by atoms with Gasteiger partial charge in [-0.15, -0.1) is 0 Å². The van der Waals surface area contributed by atoms with Crippen molar-refractivity contribution in [3.8, 4) is 0 Å². The Bertz CT molecular complexity index is 567. The highest BCUT2D eigenvalue weighted by Crippen LogP contribution is 2.21. The Morgan fingerprint density at radius 2 is 2.26 bits per heavy atom. The summed E-state index contributed by atoms with van der Waals surface area (Å²) < 4.78 is 31.8. The second-order valence-electron chi connectivity index (χ2n) is 4.76. The van der Waals surface area contributed by atoms with Gasteiger partial charge in [0.05, 0.1) is 11.5 Å². The molecule has 19 heavy (non-hydrogen) atoms. The van der Waals surface area contributed by atoms with Crippen molar-refractivity contribution in [2.75, 3.05) is 19.8 Å². The minimum absolute atomic E-state index is 0.0581. The Hall–Kier alpha value is -0.660. The molecule has 1 heterocycles. The Labute approximate surface area is 117 Å². The van der Waals surface area contributed by atoms with Crippen molar-refractivity contribution in [2.24, 2.45) is 0 Å². The third kappa shape index (κ3) is 3.46. The number of benzene rings is 1. The number of ether oxygens (including phenoxy) is 1. The first-order valence-corrected chi connectivity index (χ1v) is 7.74. The molecule has 0 bridgehead atoms. The summed E-state index contributed by atoms with van der Waals surface area (Å²) in [5.74, 6) is 0. The molecule has 106 valence electrons. The molecule has 2 N–H and O–H groups in total. The zero-order chi connectivity index (χ0) is 14.1. The summed E-state index contributed by atoms with van der Waals surface area (Å²) in [4.78, 5) is 0.166. The largest absolute Gasteiger partial charge is 0.386 e. The quantitative estimate of drug-likeness (QED) is 0.873. The highest BCUT2D eigenvalue weighted by molar-refractivity contribution is 7.89. The third-order valence-corrected chi connectivity index (χ3v) is 4.90. The van der Waals surface area contributed by atoms with E-state index >= 15 is 0 Å². The van der Waals surface area contributed by atoms with E-state index in [-0.39, 0.29) is 18.0 Å². The lowest BCUT2D eigenvalue weighted by molar-refractivity contribution is 0.0314. The monoisotopic (exact) mass is 305 g/mol. The predicted molar refractivity (Wildman–Crippen MR) is 71.8 cm³/mol. The summed E-state index contributed by atoms with van der Waals surface area (Å²) in [5, 5.41) is 10.5. The Kier molecular flexibility index (Phi) is 4.17. The van der Waals surface area contributed by atoms with Crippen LogP contribution in [0, 0.1) is 6.92 Å². The normalized spacial score (nSPS) is 23.7. The molecule has 1 aliphatic heterocycles. The van der Waals surface area contributed by atoms with Crippen LogP contribution in [0.25, 0.3) is 0 Å². The van der Waals surface area contributed by atoms with Gasteiger partial charge in [-0.1, -0.05) is 11.6 Å². The lowest BCUT2D eigenvalue weighted by Crippen LogP contribution is -2.43. The molecule has 1 aliphatic rings. The van der Waals surface area contributed by atoms with E-state index in [0.29, 0.717) is 23.6 Å². The van der Waals surface area contributed by atoms with E-state index in [4.69, 9.17) is 16.3 Å². The van der Waals surface area contributed by atoms with Crippen LogP contribution in [0.3, 0.4) is 0 Å². The maximum absolute atomic E-state index is 12.2. The van der Waals surface area contributed by atoms with E-state index in [2.05, 4.69) is 4.72 Å². The van der Waals surface area contributed by atoms with Gasteiger partial charge in [-0.05, 0) is 30.7 Å². The molecular formula is C12H16ClNO4S. The first-order valence-electron chi connectivity index (χ1n) is 5.88. The summed E-state index contributed by atoms with van der Waals surface area (Å²) >= 11 is 5.80. The molecule has 1 aromatic rings. The molecule has 0 spiro atoms. The van der Waals surface area contributed by atoms with E-state index in [1.54, 1.807) is 13.0 Å². The molecule has 2 rings (SSSR count). The van der Waals surface area contributed by atoms with Crippen molar-refractivity contribution in [3.63, 3.8) is 0 Å². The first kappa shape index (κ1) is 14.7. The fourth-order valence-corrected chi connectivity index (χ4v) is 3.53. The van der Waals surface area contributed by atoms with Gasteiger partial charge in [-0.25, -0.2) is 13.1 Å². The van der Waals surface area contributed by atoms with Crippen molar-refractivity contribution in [2.45, 2.75) is 23.8 Å². The molecule has 1 aromatic carbocycles. The van der Waals surface area contributed by atoms with Crippen molar-refractivity contribution in [1.82, 2.24) is 4.72 Å². The lowest BCUT2D eigenvalue weighted by atomic mass is 10.1. The summed E-state index contributed by atoms with van der Waals surface area (Å²) in [6.45, 7) is 2.21. The van der Waals surface area contributed by atoms with Crippen LogP contribution >= 0.6 is 11.6 Å². The third-order valence-electron chi connectivity index (χ3n) is 3.10. The van der Waals surface area contributed by atoms with Crippen LogP contribution in [0.5, 0.6) is 0 Å². The maximum atomic E-state index is 12.2. The van der Waals surface area contributed by atoms with Crippen LogP contribution in [-0.2, 0) is 14.8 Å². The molecule has 7 heteroatoms. The van der Waals surface area contributed by atoms with Crippen molar-refractivity contribution in [3.05, 3.63) is 28.8 Å². The van der Waals surface area contributed by atoms with E-state index in [1.165, 1.54) is 12.1 Å². The molecule has 1 unspecified atom stereocenters. The SMILES string of the molecule is Cc1cc(Cl)ccc1S(=O)(=O)NCC1(O)CCOC1. The highest BCUT2D eigenvalue weighted by Gasteiger charge is 2.33. The predicted octanol–water partition coefficient (Wildman–Crippen LogP) is 1.08. The zero-order valence-corrected chi connectivity index (χ0v) is 12.1. The van der Waals surface area contributed by atoms with Crippen LogP contribution in [0.2, 0.25) is 5.02 Å².